The third-order valence-corrected chi connectivity index (χ3v) is 5.00. The molecule has 0 atom stereocenters. The summed E-state index contributed by atoms with van der Waals surface area (Å²) in [5.74, 6) is 1.73. The van der Waals surface area contributed by atoms with E-state index in [0.717, 1.165) is 44.4 Å². The Bertz CT molecular complexity index is 666. The molecule has 1 saturated heterocycles. The molecule has 8 heteroatoms. The summed E-state index contributed by atoms with van der Waals surface area (Å²) in [6.45, 7) is 6.54. The van der Waals surface area contributed by atoms with Gasteiger partial charge in [0.2, 0.25) is 0 Å². The Hall–Kier alpha value is -1.96. The highest BCUT2D eigenvalue weighted by Gasteiger charge is 2.20. The molecule has 0 radical (unpaired) electrons. The standard InChI is InChI=1S/C17H28N4O3S/c1-4-18-17(19-9-14-25(3,22)23)21-12-10-20(11-13-21)15-5-7-16(24-2)8-6-15/h5-8H,4,9-14H2,1-3H3,(H,18,19). The van der Waals surface area contributed by atoms with Crippen molar-refractivity contribution in [1.29, 1.82) is 0 Å². The molecule has 0 aromatic heterocycles. The van der Waals surface area contributed by atoms with Gasteiger partial charge in [0.15, 0.2) is 5.96 Å². The lowest BCUT2D eigenvalue weighted by molar-refractivity contribution is 0.372. The Morgan fingerprint density at radius 3 is 2.36 bits per heavy atom. The topological polar surface area (TPSA) is 74.2 Å². The number of piperazine rings is 1. The van der Waals surface area contributed by atoms with Crippen molar-refractivity contribution in [3.05, 3.63) is 24.3 Å². The Morgan fingerprint density at radius 2 is 1.84 bits per heavy atom. The Morgan fingerprint density at radius 1 is 1.20 bits per heavy atom. The fourth-order valence-electron chi connectivity index (χ4n) is 2.71. The maximum absolute atomic E-state index is 11.3. The van der Waals surface area contributed by atoms with E-state index >= 15 is 0 Å². The number of hydrogen-bond donors (Lipinski definition) is 1. The fourth-order valence-corrected chi connectivity index (χ4v) is 3.14. The van der Waals surface area contributed by atoms with Crippen LogP contribution in [0, 0.1) is 0 Å². The van der Waals surface area contributed by atoms with E-state index in [0.29, 0.717) is 6.54 Å². The summed E-state index contributed by atoms with van der Waals surface area (Å²) in [6, 6.07) is 8.08. The summed E-state index contributed by atoms with van der Waals surface area (Å²) in [6.07, 6.45) is 1.24. The summed E-state index contributed by atoms with van der Waals surface area (Å²) < 4.78 is 27.7. The smallest absolute Gasteiger partial charge is 0.194 e. The van der Waals surface area contributed by atoms with E-state index in [1.165, 1.54) is 11.9 Å². The molecule has 0 bridgehead atoms. The van der Waals surface area contributed by atoms with Crippen molar-refractivity contribution in [2.24, 2.45) is 4.99 Å². The number of methoxy groups -OCH3 is 1. The molecule has 7 nitrogen and oxygen atoms in total. The number of nitrogens with one attached hydrogen (secondary N) is 1. The first-order valence-electron chi connectivity index (χ1n) is 8.53. The van der Waals surface area contributed by atoms with Gasteiger partial charge in [-0.25, -0.2) is 8.42 Å². The lowest BCUT2D eigenvalue weighted by Gasteiger charge is -2.37. The van der Waals surface area contributed by atoms with Crippen molar-refractivity contribution in [2.75, 3.05) is 63.3 Å². The van der Waals surface area contributed by atoms with Gasteiger partial charge in [-0.1, -0.05) is 0 Å². The van der Waals surface area contributed by atoms with Crippen molar-refractivity contribution in [3.8, 4) is 5.75 Å². The second-order valence-corrected chi connectivity index (χ2v) is 8.30. The van der Waals surface area contributed by atoms with Gasteiger partial charge in [0, 0.05) is 44.7 Å². The number of anilines is 1. The third-order valence-electron chi connectivity index (χ3n) is 4.08. The molecule has 0 amide bonds. The van der Waals surface area contributed by atoms with Crippen LogP contribution in [-0.2, 0) is 9.84 Å². The predicted molar refractivity (Wildman–Crippen MR) is 102 cm³/mol. The molecule has 0 aliphatic carbocycles. The number of aliphatic imine (C=N–C) groups is 1. The normalized spacial score (nSPS) is 16.0. The zero-order chi connectivity index (χ0) is 18.3. The molecule has 1 N–H and O–H groups in total. The summed E-state index contributed by atoms with van der Waals surface area (Å²) in [5, 5.41) is 3.25. The molecule has 1 aliphatic rings. The number of benzene rings is 1. The van der Waals surface area contributed by atoms with Crippen LogP contribution in [0.4, 0.5) is 5.69 Å². The third kappa shape index (κ3) is 6.12. The summed E-state index contributed by atoms with van der Waals surface area (Å²) in [4.78, 5) is 8.98. The maximum atomic E-state index is 11.3. The minimum atomic E-state index is -2.99. The summed E-state index contributed by atoms with van der Waals surface area (Å²) in [5.41, 5.74) is 1.18. The molecule has 1 aromatic carbocycles. The van der Waals surface area contributed by atoms with Crippen LogP contribution in [0.3, 0.4) is 0 Å². The molecule has 1 aliphatic heterocycles. The maximum Gasteiger partial charge on any atom is 0.194 e. The van der Waals surface area contributed by atoms with Crippen molar-refractivity contribution < 1.29 is 13.2 Å². The Labute approximate surface area is 150 Å². The van der Waals surface area contributed by atoms with Crippen LogP contribution in [0.15, 0.2) is 29.3 Å². The monoisotopic (exact) mass is 368 g/mol. The number of guanidine groups is 1. The van der Waals surface area contributed by atoms with Gasteiger partial charge in [-0.2, -0.15) is 0 Å². The first-order chi connectivity index (χ1) is 11.9. The average Bonchev–Trinajstić information content (AvgIpc) is 2.60. The predicted octanol–water partition coefficient (Wildman–Crippen LogP) is 0.827. The van der Waals surface area contributed by atoms with Crippen LogP contribution in [0.2, 0.25) is 0 Å². The first kappa shape index (κ1) is 19.4. The summed E-state index contributed by atoms with van der Waals surface area (Å²) in [7, 11) is -1.32. The molecule has 25 heavy (non-hydrogen) atoms. The number of sulfone groups is 1. The van der Waals surface area contributed by atoms with Crippen molar-refractivity contribution in [1.82, 2.24) is 10.2 Å². The van der Waals surface area contributed by atoms with Crippen LogP contribution in [0.5, 0.6) is 5.75 Å². The van der Waals surface area contributed by atoms with Gasteiger partial charge in [-0.15, -0.1) is 0 Å². The van der Waals surface area contributed by atoms with Crippen LogP contribution in [0.1, 0.15) is 6.92 Å². The second kappa shape index (κ2) is 8.94. The number of rotatable bonds is 6. The minimum absolute atomic E-state index is 0.0771. The zero-order valence-electron chi connectivity index (χ0n) is 15.2. The molecule has 0 spiro atoms. The van der Waals surface area contributed by atoms with Crippen molar-refractivity contribution >= 4 is 21.5 Å². The van der Waals surface area contributed by atoms with Crippen molar-refractivity contribution in [2.45, 2.75) is 6.92 Å². The van der Waals surface area contributed by atoms with Gasteiger partial charge >= 0.3 is 0 Å². The van der Waals surface area contributed by atoms with E-state index in [4.69, 9.17) is 4.74 Å². The van der Waals surface area contributed by atoms with Gasteiger partial charge in [0.1, 0.15) is 15.6 Å². The highest BCUT2D eigenvalue weighted by molar-refractivity contribution is 7.90. The van der Waals surface area contributed by atoms with Crippen LogP contribution >= 0.6 is 0 Å². The van der Waals surface area contributed by atoms with Crippen LogP contribution in [-0.4, -0.2) is 77.7 Å². The van der Waals surface area contributed by atoms with E-state index in [2.05, 4.69) is 32.2 Å². The van der Waals surface area contributed by atoms with E-state index in [-0.39, 0.29) is 5.75 Å². The van der Waals surface area contributed by atoms with E-state index in [1.54, 1.807) is 7.11 Å². The van der Waals surface area contributed by atoms with Gasteiger partial charge < -0.3 is 19.9 Å². The molecular formula is C17H28N4O3S. The quantitative estimate of drug-likeness (QED) is 0.592. The lowest BCUT2D eigenvalue weighted by atomic mass is 10.2. The highest BCUT2D eigenvalue weighted by Crippen LogP contribution is 2.20. The van der Waals surface area contributed by atoms with Crippen LogP contribution < -0.4 is 15.0 Å². The molecule has 1 aromatic rings. The molecule has 140 valence electrons. The van der Waals surface area contributed by atoms with Gasteiger partial charge in [0.25, 0.3) is 0 Å². The van der Waals surface area contributed by atoms with E-state index in [1.807, 2.05) is 19.1 Å². The summed E-state index contributed by atoms with van der Waals surface area (Å²) >= 11 is 0. The second-order valence-electron chi connectivity index (χ2n) is 6.04. The molecule has 2 rings (SSSR count). The minimum Gasteiger partial charge on any atom is -0.497 e. The van der Waals surface area contributed by atoms with Crippen LogP contribution in [0.25, 0.3) is 0 Å². The molecule has 1 heterocycles. The first-order valence-corrected chi connectivity index (χ1v) is 10.6. The number of ether oxygens (including phenoxy) is 1. The molecular weight excluding hydrogens is 340 g/mol. The number of nitrogens with zero attached hydrogens (tertiary/aromatic N) is 3. The largest absolute Gasteiger partial charge is 0.497 e. The van der Waals surface area contributed by atoms with Crippen molar-refractivity contribution in [3.63, 3.8) is 0 Å². The SMILES string of the molecule is CCNC(=NCCS(C)(=O)=O)N1CCN(c2ccc(OC)cc2)CC1. The zero-order valence-corrected chi connectivity index (χ0v) is 16.1. The highest BCUT2D eigenvalue weighted by atomic mass is 32.2. The van der Waals surface area contributed by atoms with Gasteiger partial charge in [0.05, 0.1) is 19.4 Å². The van der Waals surface area contributed by atoms with E-state index in [9.17, 15) is 8.42 Å². The molecule has 0 saturated carbocycles. The number of hydrogen-bond acceptors (Lipinski definition) is 5. The Kier molecular flexibility index (Phi) is 6.92. The molecule has 0 unspecified atom stereocenters. The van der Waals surface area contributed by atoms with E-state index < -0.39 is 9.84 Å². The van der Waals surface area contributed by atoms with Gasteiger partial charge in [-0.3, -0.25) is 4.99 Å². The average molecular weight is 369 g/mol. The lowest BCUT2D eigenvalue weighted by Crippen LogP contribution is -2.52. The Balaban J connectivity index is 1.94. The van der Waals surface area contributed by atoms with Gasteiger partial charge in [-0.05, 0) is 31.2 Å². The molecule has 1 fully saturated rings. The fraction of sp³-hybridized carbons (Fsp3) is 0.588.